The molecule has 0 aromatic rings. The van der Waals surface area contributed by atoms with Crippen LogP contribution in [-0.2, 0) is 38.9 Å². The van der Waals surface area contributed by atoms with E-state index >= 15 is 0 Å². The second kappa shape index (κ2) is 11.5. The Balaban J connectivity index is -0.000000158. The van der Waals surface area contributed by atoms with E-state index in [1.807, 2.05) is 0 Å². The fourth-order valence-corrected chi connectivity index (χ4v) is 0.691. The van der Waals surface area contributed by atoms with E-state index in [2.05, 4.69) is 0 Å². The normalized spacial score (nSPS) is 9.90. The molecule has 20 heavy (non-hydrogen) atoms. The maximum absolute atomic E-state index is 10.3. The Morgan fingerprint density at radius 1 is 1.00 bits per heavy atom. The average molecular weight is 367 g/mol. The molecule has 7 N–H and O–H groups in total. The van der Waals surface area contributed by atoms with Gasteiger partial charge in [0.05, 0.1) is 0 Å². The van der Waals surface area contributed by atoms with Crippen molar-refractivity contribution in [2.75, 3.05) is 0 Å². The molecule has 0 aromatic carbocycles. The summed E-state index contributed by atoms with van der Waals surface area (Å²) in [6.45, 7) is 0. The van der Waals surface area contributed by atoms with Gasteiger partial charge in [-0.05, 0) is 0 Å². The van der Waals surface area contributed by atoms with Gasteiger partial charge >= 0.3 is 86.0 Å². The summed E-state index contributed by atoms with van der Waals surface area (Å²) in [7, 11) is 0. The molecule has 0 unspecified atom stereocenters. The summed E-state index contributed by atoms with van der Waals surface area (Å²) in [4.78, 5) is 30.2. The predicted molar refractivity (Wildman–Crippen MR) is 42.1 cm³/mol. The van der Waals surface area contributed by atoms with E-state index in [4.69, 9.17) is 25.9 Å². The summed E-state index contributed by atoms with van der Waals surface area (Å²) in [5, 5.41) is 37.2. The van der Waals surface area contributed by atoms with Gasteiger partial charge in [0.15, 0.2) is 5.60 Å². The fraction of sp³-hybridized carbons (Fsp3) is 0.500. The van der Waals surface area contributed by atoms with Crippen molar-refractivity contribution in [3.63, 3.8) is 0 Å². The van der Waals surface area contributed by atoms with Crippen LogP contribution in [0.15, 0.2) is 0 Å². The van der Waals surface area contributed by atoms with E-state index in [-0.39, 0.29) is 57.5 Å². The van der Waals surface area contributed by atoms with Gasteiger partial charge in [-0.25, -0.2) is 4.79 Å². The van der Waals surface area contributed by atoms with Crippen molar-refractivity contribution in [1.82, 2.24) is 6.15 Å². The van der Waals surface area contributed by atoms with Crippen molar-refractivity contribution in [3.05, 3.63) is 0 Å². The summed E-state index contributed by atoms with van der Waals surface area (Å²) in [5.41, 5.74) is -2.86. The molecule has 0 fully saturated rings. The Labute approximate surface area is 155 Å². The molecule has 0 aliphatic heterocycles. The summed E-state index contributed by atoms with van der Waals surface area (Å²) in [6, 6.07) is 0. The molecular formula is C6H11KMnNO11. The molecule has 14 heteroatoms. The first-order valence-electron chi connectivity index (χ1n) is 3.76. The molecule has 0 bridgehead atoms. The van der Waals surface area contributed by atoms with Crippen LogP contribution in [0.25, 0.3) is 0 Å². The van der Waals surface area contributed by atoms with Gasteiger partial charge in [0.2, 0.25) is 0 Å². The van der Waals surface area contributed by atoms with Crippen molar-refractivity contribution in [1.29, 1.82) is 0 Å². The fourth-order valence-electron chi connectivity index (χ4n) is 0.691. The number of carbonyl (C=O) groups excluding carboxylic acids is 2. The van der Waals surface area contributed by atoms with Crippen LogP contribution >= 0.6 is 0 Å². The molecule has 0 heterocycles. The van der Waals surface area contributed by atoms with Crippen LogP contribution < -0.4 is 67.7 Å². The standard InChI is InChI=1S/C6H8O7.K.Mn.H3N.H2O.3O/c7-3(8)1-6(13,5(11)12)2-4(9)10;;;;;;;/h13H,1-2H2,(H,7,8)(H,9,10)(H,11,12);;;1H3;1H2;;;/q;2*+1;;;;;/p-2. The van der Waals surface area contributed by atoms with E-state index in [1.54, 1.807) is 0 Å². The molecule has 0 saturated carbocycles. The zero-order valence-corrected chi connectivity index (χ0v) is 14.7. The van der Waals surface area contributed by atoms with Crippen LogP contribution in [0.1, 0.15) is 12.8 Å². The van der Waals surface area contributed by atoms with Crippen LogP contribution in [0.5, 0.6) is 0 Å². The second-order valence-corrected chi connectivity index (χ2v) is 4.07. The van der Waals surface area contributed by atoms with Gasteiger partial charge in [-0.2, -0.15) is 0 Å². The summed E-state index contributed by atoms with van der Waals surface area (Å²) < 4.78 is 33.1. The Morgan fingerprint density at radius 3 is 1.30 bits per heavy atom. The third kappa shape index (κ3) is 20.2. The van der Waals surface area contributed by atoms with E-state index in [9.17, 15) is 24.6 Å². The number of carboxylic acids is 3. The molecule has 0 saturated heterocycles. The molecule has 0 atom stereocenters. The number of aliphatic carboxylic acids is 3. The molecule has 0 aliphatic rings. The molecule has 0 rings (SSSR count). The van der Waals surface area contributed by atoms with Crippen LogP contribution in [0.4, 0.5) is 0 Å². The molecule has 0 aliphatic carbocycles. The zero-order valence-electron chi connectivity index (χ0n) is 10.4. The third-order valence-electron chi connectivity index (χ3n) is 1.27. The van der Waals surface area contributed by atoms with Gasteiger partial charge < -0.3 is 36.2 Å². The summed E-state index contributed by atoms with van der Waals surface area (Å²) >= 11 is -5.38. The van der Waals surface area contributed by atoms with Crippen LogP contribution in [0, 0.1) is 0 Å². The molecule has 12 nitrogen and oxygen atoms in total. The molecule has 0 radical (unpaired) electrons. The second-order valence-electron chi connectivity index (χ2n) is 2.83. The summed E-state index contributed by atoms with van der Waals surface area (Å²) in [6.07, 6.45) is -2.59. The Hall–Kier alpha value is -0.154. The van der Waals surface area contributed by atoms with Crippen LogP contribution in [0.3, 0.4) is 0 Å². The van der Waals surface area contributed by atoms with Crippen LogP contribution in [0.2, 0.25) is 0 Å². The Morgan fingerprint density at radius 2 is 1.20 bits per heavy atom. The van der Waals surface area contributed by atoms with Gasteiger partial charge in [0.25, 0.3) is 0 Å². The molecule has 0 spiro atoms. The van der Waals surface area contributed by atoms with Gasteiger partial charge in [-0.1, -0.05) is 0 Å². The number of quaternary nitrogens is 1. The number of carboxylic acid groups (broad SMARTS) is 3. The van der Waals surface area contributed by atoms with Crippen LogP contribution in [-0.4, -0.2) is 37.9 Å². The summed E-state index contributed by atoms with van der Waals surface area (Å²) in [5.74, 6) is -5.65. The number of aliphatic hydroxyl groups is 1. The van der Waals surface area contributed by atoms with Crippen molar-refractivity contribution in [2.45, 2.75) is 18.4 Å². The van der Waals surface area contributed by atoms with Crippen molar-refractivity contribution in [3.8, 4) is 0 Å². The minimum absolute atomic E-state index is 0. The first-order chi connectivity index (χ1) is 7.78. The van der Waals surface area contributed by atoms with Crippen molar-refractivity contribution >= 4 is 17.9 Å². The van der Waals surface area contributed by atoms with Gasteiger partial charge in [0, 0.05) is 24.8 Å². The average Bonchev–Trinajstić information content (AvgIpc) is 1.95. The number of rotatable bonds is 5. The topological polar surface area (TPSA) is 246 Å². The van der Waals surface area contributed by atoms with E-state index in [0.29, 0.717) is 0 Å². The monoisotopic (exact) mass is 367 g/mol. The Kier molecular flexibility index (Phi) is 16.1. The number of hydrogen-bond donors (Lipinski definition) is 4. The predicted octanol–water partition coefficient (Wildman–Crippen LogP) is -7.45. The first kappa shape index (κ1) is 28.1. The van der Waals surface area contributed by atoms with E-state index in [0.717, 1.165) is 0 Å². The molecular weight excluding hydrogens is 356 g/mol. The number of carbonyl (C=O) groups is 3. The quantitative estimate of drug-likeness (QED) is 0.332. The van der Waals surface area contributed by atoms with E-state index in [1.165, 1.54) is 0 Å². The van der Waals surface area contributed by atoms with Gasteiger partial charge in [-0.15, -0.1) is 0 Å². The van der Waals surface area contributed by atoms with Crippen molar-refractivity contribution in [2.24, 2.45) is 0 Å². The van der Waals surface area contributed by atoms with Gasteiger partial charge in [-0.3, -0.25) is 0 Å². The number of hydrogen-bond acceptors (Lipinski definition) is 9. The van der Waals surface area contributed by atoms with Gasteiger partial charge in [0.1, 0.15) is 0 Å². The Bertz CT molecular complexity index is 462. The SMILES string of the molecule is O=C([O-])CC(O)(CC(=O)[O-])C(=O)O.[K+].[NH4+].[O]=[Mn](=[O])(=[O])[OH]. The first-order valence-corrected chi connectivity index (χ1v) is 5.74. The third-order valence-corrected chi connectivity index (χ3v) is 1.27. The molecule has 0 aromatic heterocycles. The minimum atomic E-state index is -5.38. The molecule has 0 amide bonds. The van der Waals surface area contributed by atoms with E-state index < -0.39 is 49.3 Å². The van der Waals surface area contributed by atoms with Crippen molar-refractivity contribution < 1.29 is 115 Å². The zero-order chi connectivity index (χ0) is 15.1. The molecule has 114 valence electrons. The maximum atomic E-state index is 10.3.